The largest absolute Gasteiger partial charge is 0.475 e. The summed E-state index contributed by atoms with van der Waals surface area (Å²) in [6.07, 6.45) is 1.20. The molecule has 0 saturated carbocycles. The summed E-state index contributed by atoms with van der Waals surface area (Å²) in [5, 5.41) is 12.9. The highest BCUT2D eigenvalue weighted by atomic mass is 35.5. The van der Waals surface area contributed by atoms with E-state index in [9.17, 15) is 9.18 Å². The smallest absolute Gasteiger partial charge is 0.375 e. The van der Waals surface area contributed by atoms with Crippen molar-refractivity contribution in [2.24, 2.45) is 0 Å². The zero-order valence-electron chi connectivity index (χ0n) is 10.1. The average Bonchev–Trinajstić information content (AvgIpc) is 2.74. The minimum Gasteiger partial charge on any atom is -0.475 e. The van der Waals surface area contributed by atoms with Crippen LogP contribution in [0.3, 0.4) is 0 Å². The molecule has 0 unspecified atom stereocenters. The maximum Gasteiger partial charge on any atom is 0.375 e. The molecule has 5 nitrogen and oxygen atoms in total. The van der Waals surface area contributed by atoms with Gasteiger partial charge in [0.15, 0.2) is 0 Å². The Balaban J connectivity index is 2.63. The first kappa shape index (κ1) is 13.5. The number of halogens is 2. The molecule has 0 aliphatic heterocycles. The summed E-state index contributed by atoms with van der Waals surface area (Å²) in [6.45, 7) is 1.91. The van der Waals surface area contributed by atoms with Crippen LogP contribution < -0.4 is 0 Å². The van der Waals surface area contributed by atoms with E-state index in [1.807, 2.05) is 6.92 Å². The normalized spacial score (nSPS) is 10.7. The number of rotatable bonds is 4. The van der Waals surface area contributed by atoms with Crippen molar-refractivity contribution >= 4 is 17.6 Å². The van der Waals surface area contributed by atoms with Gasteiger partial charge in [-0.3, -0.25) is 0 Å². The highest BCUT2D eigenvalue weighted by molar-refractivity contribution is 6.32. The van der Waals surface area contributed by atoms with Gasteiger partial charge in [-0.25, -0.2) is 18.9 Å². The molecule has 2 aromatic rings. The molecule has 1 aromatic carbocycles. The van der Waals surface area contributed by atoms with Crippen molar-refractivity contribution in [3.8, 4) is 5.69 Å². The molecule has 0 aliphatic carbocycles. The molecule has 0 atom stereocenters. The summed E-state index contributed by atoms with van der Waals surface area (Å²) in [4.78, 5) is 14.8. The maximum absolute atomic E-state index is 13.8. The van der Waals surface area contributed by atoms with Crippen LogP contribution in [-0.4, -0.2) is 25.8 Å². The molecule has 1 N–H and O–H groups in total. The average molecular weight is 284 g/mol. The highest BCUT2D eigenvalue weighted by Crippen LogP contribution is 2.24. The predicted octanol–water partition coefficient (Wildman–Crippen LogP) is 2.71. The predicted molar refractivity (Wildman–Crippen MR) is 67.3 cm³/mol. The molecule has 0 aliphatic rings. The van der Waals surface area contributed by atoms with Gasteiger partial charge in [0.2, 0.25) is 0 Å². The van der Waals surface area contributed by atoms with E-state index in [1.54, 1.807) is 0 Å². The molecule has 7 heteroatoms. The van der Waals surface area contributed by atoms with Crippen LogP contribution >= 0.6 is 11.6 Å². The summed E-state index contributed by atoms with van der Waals surface area (Å²) in [7, 11) is 0. The number of para-hydroxylation sites is 1. The standard InChI is InChI=1S/C12H11ClFN3O2/c1-2-4-9-15-11(12(18)19)16-17(9)10-7(13)5-3-6-8(10)14/h3,5-6H,2,4H2,1H3,(H,18,19). The SMILES string of the molecule is CCCc1nc(C(=O)O)nn1-c1c(F)cccc1Cl. The molecule has 0 radical (unpaired) electrons. The van der Waals surface area contributed by atoms with Gasteiger partial charge in [-0.2, -0.15) is 0 Å². The first-order valence-corrected chi connectivity index (χ1v) is 6.06. The first-order valence-electron chi connectivity index (χ1n) is 5.68. The maximum atomic E-state index is 13.8. The first-order chi connectivity index (χ1) is 9.04. The van der Waals surface area contributed by atoms with Gasteiger partial charge >= 0.3 is 5.97 Å². The quantitative estimate of drug-likeness (QED) is 0.937. The fourth-order valence-corrected chi connectivity index (χ4v) is 1.93. The Morgan fingerprint density at radius 1 is 1.53 bits per heavy atom. The number of hydrogen-bond donors (Lipinski definition) is 1. The third-order valence-corrected chi connectivity index (χ3v) is 2.79. The Kier molecular flexibility index (Phi) is 3.80. The van der Waals surface area contributed by atoms with E-state index in [0.717, 1.165) is 11.1 Å². The lowest BCUT2D eigenvalue weighted by Gasteiger charge is -2.07. The van der Waals surface area contributed by atoms with Crippen molar-refractivity contribution in [2.75, 3.05) is 0 Å². The molecule has 1 heterocycles. The van der Waals surface area contributed by atoms with E-state index in [0.29, 0.717) is 12.2 Å². The molecule has 1 aromatic heterocycles. The summed E-state index contributed by atoms with van der Waals surface area (Å²) >= 11 is 5.95. The van der Waals surface area contributed by atoms with Crippen molar-refractivity contribution in [1.82, 2.24) is 14.8 Å². The molecular formula is C12H11ClFN3O2. The van der Waals surface area contributed by atoms with Crippen molar-refractivity contribution < 1.29 is 14.3 Å². The van der Waals surface area contributed by atoms with E-state index in [-0.39, 0.29) is 16.5 Å². The van der Waals surface area contributed by atoms with E-state index in [2.05, 4.69) is 10.1 Å². The number of carboxylic acids is 1. The molecule has 0 bridgehead atoms. The Bertz CT molecular complexity index is 607. The Labute approximate surface area is 113 Å². The second-order valence-corrected chi connectivity index (χ2v) is 4.30. The molecule has 0 saturated heterocycles. The zero-order chi connectivity index (χ0) is 14.0. The van der Waals surface area contributed by atoms with Gasteiger partial charge in [0.05, 0.1) is 5.02 Å². The number of aryl methyl sites for hydroxylation is 1. The molecule has 19 heavy (non-hydrogen) atoms. The third-order valence-electron chi connectivity index (χ3n) is 2.49. The van der Waals surface area contributed by atoms with Gasteiger partial charge in [-0.05, 0) is 18.6 Å². The molecule has 0 fully saturated rings. The highest BCUT2D eigenvalue weighted by Gasteiger charge is 2.19. The van der Waals surface area contributed by atoms with Crippen LogP contribution in [0.1, 0.15) is 29.8 Å². The molecular weight excluding hydrogens is 273 g/mol. The zero-order valence-corrected chi connectivity index (χ0v) is 10.9. The molecule has 100 valence electrons. The Hall–Kier alpha value is -1.95. The fourth-order valence-electron chi connectivity index (χ4n) is 1.69. The van der Waals surface area contributed by atoms with Gasteiger partial charge < -0.3 is 5.11 Å². The van der Waals surface area contributed by atoms with E-state index >= 15 is 0 Å². The number of carbonyl (C=O) groups is 1. The second kappa shape index (κ2) is 5.36. The third kappa shape index (κ3) is 2.58. The summed E-state index contributed by atoms with van der Waals surface area (Å²) in [5.74, 6) is -1.84. The van der Waals surface area contributed by atoms with Crippen LogP contribution in [0, 0.1) is 5.82 Å². The van der Waals surface area contributed by atoms with Crippen LogP contribution in [0.4, 0.5) is 4.39 Å². The van der Waals surface area contributed by atoms with E-state index in [4.69, 9.17) is 16.7 Å². The number of benzene rings is 1. The molecule has 0 spiro atoms. The monoisotopic (exact) mass is 283 g/mol. The van der Waals surface area contributed by atoms with Crippen molar-refractivity contribution in [3.63, 3.8) is 0 Å². The lowest BCUT2D eigenvalue weighted by atomic mass is 10.3. The van der Waals surface area contributed by atoms with Crippen LogP contribution in [-0.2, 0) is 6.42 Å². The van der Waals surface area contributed by atoms with Crippen LogP contribution in [0.25, 0.3) is 5.69 Å². The summed E-state index contributed by atoms with van der Waals surface area (Å²) in [6, 6.07) is 4.21. The Morgan fingerprint density at radius 3 is 2.84 bits per heavy atom. The summed E-state index contributed by atoms with van der Waals surface area (Å²) in [5.41, 5.74) is 0.0209. The van der Waals surface area contributed by atoms with Gasteiger partial charge in [0, 0.05) is 6.42 Å². The lowest BCUT2D eigenvalue weighted by Crippen LogP contribution is -2.06. The minimum absolute atomic E-state index is 0.0209. The fraction of sp³-hybridized carbons (Fsp3) is 0.250. The van der Waals surface area contributed by atoms with Crippen molar-refractivity contribution in [1.29, 1.82) is 0 Å². The Morgan fingerprint density at radius 2 is 2.26 bits per heavy atom. The van der Waals surface area contributed by atoms with E-state index < -0.39 is 11.8 Å². The summed E-state index contributed by atoms with van der Waals surface area (Å²) < 4.78 is 15.0. The van der Waals surface area contributed by atoms with Crippen LogP contribution in [0.2, 0.25) is 5.02 Å². The topological polar surface area (TPSA) is 68.0 Å². The van der Waals surface area contributed by atoms with Gasteiger partial charge in [0.1, 0.15) is 17.3 Å². The molecule has 2 rings (SSSR count). The number of hydrogen-bond acceptors (Lipinski definition) is 3. The number of aromatic nitrogens is 3. The minimum atomic E-state index is -1.26. The van der Waals surface area contributed by atoms with Crippen LogP contribution in [0.5, 0.6) is 0 Å². The van der Waals surface area contributed by atoms with Crippen LogP contribution in [0.15, 0.2) is 18.2 Å². The van der Waals surface area contributed by atoms with E-state index in [1.165, 1.54) is 18.2 Å². The number of aromatic carboxylic acids is 1. The lowest BCUT2D eigenvalue weighted by molar-refractivity contribution is 0.0683. The number of nitrogens with zero attached hydrogens (tertiary/aromatic N) is 3. The van der Waals surface area contributed by atoms with Gasteiger partial charge in [-0.1, -0.05) is 24.6 Å². The van der Waals surface area contributed by atoms with Gasteiger partial charge in [-0.15, -0.1) is 5.10 Å². The van der Waals surface area contributed by atoms with Gasteiger partial charge in [0.25, 0.3) is 5.82 Å². The molecule has 0 amide bonds. The van der Waals surface area contributed by atoms with Crippen molar-refractivity contribution in [2.45, 2.75) is 19.8 Å². The van der Waals surface area contributed by atoms with Crippen molar-refractivity contribution in [3.05, 3.63) is 40.7 Å². The number of carboxylic acid groups (broad SMARTS) is 1. The second-order valence-electron chi connectivity index (χ2n) is 3.89.